The summed E-state index contributed by atoms with van der Waals surface area (Å²) < 4.78 is 37.9. The van der Waals surface area contributed by atoms with Gasteiger partial charge < -0.3 is 4.90 Å². The molecule has 33 heavy (non-hydrogen) atoms. The predicted molar refractivity (Wildman–Crippen MR) is 140 cm³/mol. The van der Waals surface area contributed by atoms with Crippen molar-refractivity contribution < 1.29 is 13.2 Å². The molecule has 0 spiro atoms. The Balaban J connectivity index is 1.66. The summed E-state index contributed by atoms with van der Waals surface area (Å²) in [4.78, 5) is 14.7. The van der Waals surface area contributed by atoms with Crippen LogP contribution in [-0.4, -0.2) is 35.0 Å². The SMILES string of the molecule is CN(Cc1ccc(Cl)cc1Cl)C(=O)c1ccc(I)cc1NS(=O)(=O)c1cccc2nsnc12. The van der Waals surface area contributed by atoms with E-state index in [1.54, 1.807) is 55.6 Å². The van der Waals surface area contributed by atoms with Gasteiger partial charge in [-0.15, -0.1) is 0 Å². The lowest BCUT2D eigenvalue weighted by molar-refractivity contribution is 0.0786. The maximum absolute atomic E-state index is 13.3. The molecule has 7 nitrogen and oxygen atoms in total. The molecule has 0 atom stereocenters. The van der Waals surface area contributed by atoms with Crippen LogP contribution < -0.4 is 4.72 Å². The Hall–Kier alpha value is -1.99. The summed E-state index contributed by atoms with van der Waals surface area (Å²) in [6.45, 7) is 0.219. The van der Waals surface area contributed by atoms with E-state index in [1.165, 1.54) is 11.0 Å². The van der Waals surface area contributed by atoms with Crippen LogP contribution in [0, 0.1) is 3.57 Å². The zero-order valence-corrected chi connectivity index (χ0v) is 22.2. The number of nitrogens with zero attached hydrogens (tertiary/aromatic N) is 3. The quantitative estimate of drug-likeness (QED) is 0.276. The van der Waals surface area contributed by atoms with Crippen LogP contribution in [0.15, 0.2) is 59.5 Å². The normalized spacial score (nSPS) is 11.5. The number of fused-ring (bicyclic) bond motifs is 1. The van der Waals surface area contributed by atoms with Crippen molar-refractivity contribution in [1.82, 2.24) is 13.6 Å². The Morgan fingerprint density at radius 1 is 1.12 bits per heavy atom. The van der Waals surface area contributed by atoms with Crippen molar-refractivity contribution in [2.75, 3.05) is 11.8 Å². The monoisotopic (exact) mass is 632 g/mol. The minimum absolute atomic E-state index is 0.00712. The molecule has 3 aromatic carbocycles. The number of rotatable bonds is 6. The first kappa shape index (κ1) is 24.1. The summed E-state index contributed by atoms with van der Waals surface area (Å²) in [6.07, 6.45) is 0. The number of nitrogens with one attached hydrogen (secondary N) is 1. The van der Waals surface area contributed by atoms with Gasteiger partial charge in [0.25, 0.3) is 15.9 Å². The minimum atomic E-state index is -4.03. The third kappa shape index (κ3) is 5.24. The van der Waals surface area contributed by atoms with E-state index in [0.717, 1.165) is 15.3 Å². The van der Waals surface area contributed by atoms with Crippen LogP contribution in [-0.2, 0) is 16.6 Å². The molecule has 170 valence electrons. The van der Waals surface area contributed by atoms with Gasteiger partial charge in [0.15, 0.2) is 0 Å². The second kappa shape index (κ2) is 9.71. The highest BCUT2D eigenvalue weighted by Gasteiger charge is 2.24. The van der Waals surface area contributed by atoms with E-state index in [0.29, 0.717) is 21.1 Å². The van der Waals surface area contributed by atoms with Crippen LogP contribution in [0.3, 0.4) is 0 Å². The number of halogens is 3. The average molecular weight is 633 g/mol. The summed E-state index contributed by atoms with van der Waals surface area (Å²) in [5.74, 6) is -0.372. The molecular weight excluding hydrogens is 618 g/mol. The number of anilines is 1. The van der Waals surface area contributed by atoms with E-state index >= 15 is 0 Å². The van der Waals surface area contributed by atoms with E-state index in [9.17, 15) is 13.2 Å². The summed E-state index contributed by atoms with van der Waals surface area (Å²) >= 11 is 15.2. The molecule has 0 aliphatic heterocycles. The molecule has 0 bridgehead atoms. The van der Waals surface area contributed by atoms with E-state index in [2.05, 4.69) is 36.1 Å². The standard InChI is InChI=1S/C21H15Cl2IN4O3S2/c1-28(11-12-5-6-13(22)9-16(12)23)21(29)15-8-7-14(24)10-18(15)27-33(30,31)19-4-2-3-17-20(19)26-32-25-17/h2-10,27H,11H2,1H3. The lowest BCUT2D eigenvalue weighted by atomic mass is 10.1. The lowest BCUT2D eigenvalue weighted by Gasteiger charge is -2.20. The summed E-state index contributed by atoms with van der Waals surface area (Å²) in [6, 6.07) is 14.7. The first-order chi connectivity index (χ1) is 15.7. The summed E-state index contributed by atoms with van der Waals surface area (Å²) in [5.41, 5.74) is 1.85. The van der Waals surface area contributed by atoms with Crippen LogP contribution in [0.4, 0.5) is 5.69 Å². The Labute approximate surface area is 218 Å². The van der Waals surface area contributed by atoms with Crippen LogP contribution >= 0.6 is 57.5 Å². The Kier molecular flexibility index (Phi) is 7.10. The maximum Gasteiger partial charge on any atom is 0.264 e. The fourth-order valence-electron chi connectivity index (χ4n) is 3.17. The number of carbonyl (C=O) groups is 1. The molecule has 1 N–H and O–H groups in total. The van der Waals surface area contributed by atoms with Gasteiger partial charge in [-0.05, 0) is 70.6 Å². The van der Waals surface area contributed by atoms with E-state index in [1.807, 2.05) is 0 Å². The summed E-state index contributed by atoms with van der Waals surface area (Å²) in [7, 11) is -2.42. The van der Waals surface area contributed by atoms with Crippen LogP contribution in [0.1, 0.15) is 15.9 Å². The van der Waals surface area contributed by atoms with Gasteiger partial charge in [-0.1, -0.05) is 35.3 Å². The van der Waals surface area contributed by atoms with Crippen molar-refractivity contribution in [1.29, 1.82) is 0 Å². The van der Waals surface area contributed by atoms with Crippen molar-refractivity contribution in [2.45, 2.75) is 11.4 Å². The first-order valence-electron chi connectivity index (χ1n) is 9.39. The highest BCUT2D eigenvalue weighted by Crippen LogP contribution is 2.28. The molecule has 0 aliphatic rings. The molecule has 12 heteroatoms. The number of benzene rings is 3. The maximum atomic E-state index is 13.3. The van der Waals surface area contributed by atoms with Crippen molar-refractivity contribution in [3.05, 3.63) is 79.3 Å². The first-order valence-corrected chi connectivity index (χ1v) is 13.4. The molecule has 1 amide bonds. The number of aromatic nitrogens is 2. The minimum Gasteiger partial charge on any atom is -0.337 e. The number of hydrogen-bond acceptors (Lipinski definition) is 6. The molecular formula is C21H15Cl2IN4O3S2. The molecule has 0 radical (unpaired) electrons. The number of carbonyl (C=O) groups excluding carboxylic acids is 1. The smallest absolute Gasteiger partial charge is 0.264 e. The Bertz CT molecular complexity index is 1480. The van der Waals surface area contributed by atoms with Crippen LogP contribution in [0.2, 0.25) is 10.0 Å². The third-order valence-corrected chi connectivity index (χ3v) is 7.96. The molecule has 1 heterocycles. The van der Waals surface area contributed by atoms with Gasteiger partial charge in [0.05, 0.1) is 23.0 Å². The Morgan fingerprint density at radius 2 is 1.91 bits per heavy atom. The molecule has 0 saturated heterocycles. The van der Waals surface area contributed by atoms with Gasteiger partial charge in [0.2, 0.25) is 0 Å². The second-order valence-corrected chi connectivity index (χ2v) is 11.3. The topological polar surface area (TPSA) is 92.3 Å². The van der Waals surface area contributed by atoms with Crippen molar-refractivity contribution in [3.63, 3.8) is 0 Å². The largest absolute Gasteiger partial charge is 0.337 e. The fraction of sp³-hybridized carbons (Fsp3) is 0.0952. The average Bonchev–Trinajstić information content (AvgIpc) is 3.24. The third-order valence-electron chi connectivity index (χ3n) is 4.76. The molecule has 0 fully saturated rings. The van der Waals surface area contributed by atoms with Crippen molar-refractivity contribution >= 4 is 90.2 Å². The van der Waals surface area contributed by atoms with Gasteiger partial charge in [-0.2, -0.15) is 8.75 Å². The highest BCUT2D eigenvalue weighted by atomic mass is 127. The molecule has 0 unspecified atom stereocenters. The highest BCUT2D eigenvalue weighted by molar-refractivity contribution is 14.1. The zero-order chi connectivity index (χ0) is 23.8. The van der Waals surface area contributed by atoms with Gasteiger partial charge >= 0.3 is 0 Å². The van der Waals surface area contributed by atoms with E-state index in [4.69, 9.17) is 23.2 Å². The van der Waals surface area contributed by atoms with Crippen LogP contribution in [0.5, 0.6) is 0 Å². The van der Waals surface area contributed by atoms with Crippen LogP contribution in [0.25, 0.3) is 11.0 Å². The van der Waals surface area contributed by atoms with Gasteiger partial charge in [0.1, 0.15) is 15.9 Å². The Morgan fingerprint density at radius 3 is 2.67 bits per heavy atom. The molecule has 4 rings (SSSR count). The fourth-order valence-corrected chi connectivity index (χ4v) is 5.97. The lowest BCUT2D eigenvalue weighted by Crippen LogP contribution is -2.28. The molecule has 0 saturated carbocycles. The van der Waals surface area contributed by atoms with Gasteiger partial charge in [-0.25, -0.2) is 8.42 Å². The zero-order valence-electron chi connectivity index (χ0n) is 16.9. The van der Waals surface area contributed by atoms with E-state index in [-0.39, 0.29) is 34.1 Å². The van der Waals surface area contributed by atoms with E-state index < -0.39 is 10.0 Å². The number of hydrogen-bond donors (Lipinski definition) is 1. The van der Waals surface area contributed by atoms with Crippen molar-refractivity contribution in [2.24, 2.45) is 0 Å². The summed E-state index contributed by atoms with van der Waals surface area (Å²) in [5, 5.41) is 0.938. The molecule has 1 aromatic heterocycles. The van der Waals surface area contributed by atoms with Gasteiger partial charge in [0, 0.05) is 27.2 Å². The molecule has 0 aliphatic carbocycles. The molecule has 4 aromatic rings. The number of sulfonamides is 1. The predicted octanol–water partition coefficient (Wildman–Crippen LogP) is 5.68. The number of amides is 1. The van der Waals surface area contributed by atoms with Crippen molar-refractivity contribution in [3.8, 4) is 0 Å². The van der Waals surface area contributed by atoms with Gasteiger partial charge in [-0.3, -0.25) is 9.52 Å². The second-order valence-electron chi connectivity index (χ2n) is 7.08.